The average molecular weight is 253 g/mol. The Balaban J connectivity index is 2.34. The Labute approximate surface area is 111 Å². The van der Waals surface area contributed by atoms with E-state index in [1.54, 1.807) is 7.11 Å². The Morgan fingerprint density at radius 2 is 2.17 bits per heavy atom. The predicted octanol–water partition coefficient (Wildman–Crippen LogP) is 2.44. The molecule has 1 aromatic rings. The number of hydrogen-bond acceptors (Lipinski definition) is 3. The first kappa shape index (κ1) is 15.2. The first-order valence-electron chi connectivity index (χ1n) is 6.69. The van der Waals surface area contributed by atoms with E-state index in [0.29, 0.717) is 5.92 Å². The topological polar surface area (TPSA) is 39.1 Å². The summed E-state index contributed by atoms with van der Waals surface area (Å²) in [6.45, 7) is 11.4. The maximum absolute atomic E-state index is 5.41. The summed E-state index contributed by atoms with van der Waals surface area (Å²) < 4.78 is 7.54. The van der Waals surface area contributed by atoms with Crippen LogP contribution in [-0.2, 0) is 17.8 Å². The van der Waals surface area contributed by atoms with E-state index < -0.39 is 0 Å². The molecule has 0 amide bonds. The van der Waals surface area contributed by atoms with Crippen LogP contribution in [0.3, 0.4) is 0 Å². The van der Waals surface area contributed by atoms with Crippen molar-refractivity contribution in [3.63, 3.8) is 0 Å². The molecule has 1 heterocycles. The Bertz CT molecular complexity index is 345. The summed E-state index contributed by atoms with van der Waals surface area (Å²) in [5, 5.41) is 3.40. The van der Waals surface area contributed by atoms with Gasteiger partial charge < -0.3 is 14.6 Å². The molecule has 0 saturated heterocycles. The van der Waals surface area contributed by atoms with Crippen LogP contribution < -0.4 is 5.32 Å². The van der Waals surface area contributed by atoms with Gasteiger partial charge in [-0.05, 0) is 32.7 Å². The molecule has 0 aliphatic rings. The molecule has 0 aliphatic heterocycles. The molecule has 0 unspecified atom stereocenters. The van der Waals surface area contributed by atoms with Gasteiger partial charge in [-0.1, -0.05) is 13.8 Å². The van der Waals surface area contributed by atoms with E-state index in [-0.39, 0.29) is 5.60 Å². The van der Waals surface area contributed by atoms with Crippen LogP contribution in [-0.4, -0.2) is 28.8 Å². The highest BCUT2D eigenvalue weighted by Gasteiger charge is 2.15. The molecule has 0 atom stereocenters. The van der Waals surface area contributed by atoms with Gasteiger partial charge in [0.15, 0.2) is 0 Å². The van der Waals surface area contributed by atoms with Crippen LogP contribution >= 0.6 is 0 Å². The number of nitrogens with one attached hydrogen (secondary N) is 1. The first-order chi connectivity index (χ1) is 8.43. The van der Waals surface area contributed by atoms with E-state index in [0.717, 1.165) is 31.7 Å². The fraction of sp³-hybridized carbons (Fsp3) is 0.786. The quantitative estimate of drug-likeness (QED) is 0.773. The van der Waals surface area contributed by atoms with Crippen molar-refractivity contribution in [2.45, 2.75) is 52.8 Å². The number of methoxy groups -OCH3 is 1. The molecule has 1 aromatic heterocycles. The predicted molar refractivity (Wildman–Crippen MR) is 74.5 cm³/mol. The maximum atomic E-state index is 5.41. The minimum atomic E-state index is -0.0691. The van der Waals surface area contributed by atoms with Crippen molar-refractivity contribution >= 4 is 0 Å². The second-order valence-corrected chi connectivity index (χ2v) is 5.84. The number of aromatic nitrogens is 2. The lowest BCUT2D eigenvalue weighted by Crippen LogP contribution is -2.24. The van der Waals surface area contributed by atoms with Crippen LogP contribution in [0, 0.1) is 5.92 Å². The number of imidazole rings is 1. The molecule has 1 rings (SSSR count). The fourth-order valence-corrected chi connectivity index (χ4v) is 1.61. The van der Waals surface area contributed by atoms with Crippen molar-refractivity contribution in [1.29, 1.82) is 0 Å². The third kappa shape index (κ3) is 5.65. The van der Waals surface area contributed by atoms with E-state index >= 15 is 0 Å². The van der Waals surface area contributed by atoms with Gasteiger partial charge in [0, 0.05) is 26.4 Å². The summed E-state index contributed by atoms with van der Waals surface area (Å²) in [4.78, 5) is 4.40. The molecule has 4 nitrogen and oxygen atoms in total. The van der Waals surface area contributed by atoms with Crippen LogP contribution in [0.15, 0.2) is 12.5 Å². The molecule has 104 valence electrons. The molecular formula is C14H27N3O. The summed E-state index contributed by atoms with van der Waals surface area (Å²) in [7, 11) is 1.76. The molecule has 0 aromatic carbocycles. The normalized spacial score (nSPS) is 12.3. The summed E-state index contributed by atoms with van der Waals surface area (Å²) in [5.74, 6) is 0.676. The van der Waals surface area contributed by atoms with E-state index in [9.17, 15) is 0 Å². The molecule has 0 spiro atoms. The van der Waals surface area contributed by atoms with Crippen molar-refractivity contribution in [2.75, 3.05) is 13.7 Å². The number of nitrogens with zero attached hydrogens (tertiary/aromatic N) is 2. The molecule has 0 aliphatic carbocycles. The van der Waals surface area contributed by atoms with E-state index in [1.807, 2.05) is 6.33 Å². The van der Waals surface area contributed by atoms with Gasteiger partial charge in [0.25, 0.3) is 0 Å². The van der Waals surface area contributed by atoms with E-state index in [2.05, 4.69) is 48.8 Å². The minimum Gasteiger partial charge on any atom is -0.379 e. The Morgan fingerprint density at radius 1 is 1.44 bits per heavy atom. The van der Waals surface area contributed by atoms with Crippen LogP contribution in [0.25, 0.3) is 0 Å². The van der Waals surface area contributed by atoms with Gasteiger partial charge in [-0.15, -0.1) is 0 Å². The molecule has 18 heavy (non-hydrogen) atoms. The van der Waals surface area contributed by atoms with Gasteiger partial charge in [0.05, 0.1) is 17.6 Å². The van der Waals surface area contributed by atoms with Crippen LogP contribution in [0.5, 0.6) is 0 Å². The van der Waals surface area contributed by atoms with Gasteiger partial charge >= 0.3 is 0 Å². The third-order valence-corrected chi connectivity index (χ3v) is 3.07. The molecule has 0 radical (unpaired) electrons. The van der Waals surface area contributed by atoms with Crippen molar-refractivity contribution in [3.8, 4) is 0 Å². The summed E-state index contributed by atoms with van der Waals surface area (Å²) in [6.07, 6.45) is 5.00. The average Bonchev–Trinajstić information content (AvgIpc) is 2.74. The second-order valence-electron chi connectivity index (χ2n) is 5.84. The molecule has 0 saturated carbocycles. The highest BCUT2D eigenvalue weighted by Crippen LogP contribution is 2.14. The van der Waals surface area contributed by atoms with E-state index in [4.69, 9.17) is 4.74 Å². The third-order valence-electron chi connectivity index (χ3n) is 3.07. The zero-order valence-corrected chi connectivity index (χ0v) is 12.4. The monoisotopic (exact) mass is 253 g/mol. The van der Waals surface area contributed by atoms with Gasteiger partial charge in [0.2, 0.25) is 0 Å². The SMILES string of the molecule is COC(C)(C)CCn1cnc(CNCC(C)C)c1. The van der Waals surface area contributed by atoms with Crippen molar-refractivity contribution in [3.05, 3.63) is 18.2 Å². The second kappa shape index (κ2) is 6.90. The van der Waals surface area contributed by atoms with Gasteiger partial charge in [-0.3, -0.25) is 0 Å². The summed E-state index contributed by atoms with van der Waals surface area (Å²) in [5.41, 5.74) is 1.03. The summed E-state index contributed by atoms with van der Waals surface area (Å²) in [6, 6.07) is 0. The van der Waals surface area contributed by atoms with E-state index in [1.165, 1.54) is 0 Å². The summed E-state index contributed by atoms with van der Waals surface area (Å²) >= 11 is 0. The lowest BCUT2D eigenvalue weighted by atomic mass is 10.1. The fourth-order valence-electron chi connectivity index (χ4n) is 1.61. The Kier molecular flexibility index (Phi) is 5.82. The Hall–Kier alpha value is -0.870. The molecule has 4 heteroatoms. The lowest BCUT2D eigenvalue weighted by molar-refractivity contribution is 0.0120. The minimum absolute atomic E-state index is 0.0691. The number of hydrogen-bond donors (Lipinski definition) is 1. The molecule has 1 N–H and O–H groups in total. The highest BCUT2D eigenvalue weighted by molar-refractivity contribution is 4.96. The van der Waals surface area contributed by atoms with Crippen LogP contribution in [0.1, 0.15) is 39.8 Å². The van der Waals surface area contributed by atoms with Crippen LogP contribution in [0.2, 0.25) is 0 Å². The first-order valence-corrected chi connectivity index (χ1v) is 6.69. The number of rotatable bonds is 8. The molecular weight excluding hydrogens is 226 g/mol. The lowest BCUT2D eigenvalue weighted by Gasteiger charge is -2.22. The Morgan fingerprint density at radius 3 is 2.78 bits per heavy atom. The molecule has 0 bridgehead atoms. The molecule has 0 fully saturated rings. The standard InChI is InChI=1S/C14H27N3O/c1-12(2)8-15-9-13-10-17(11-16-13)7-6-14(3,4)18-5/h10-12,15H,6-9H2,1-5H3. The van der Waals surface area contributed by atoms with Crippen molar-refractivity contribution in [1.82, 2.24) is 14.9 Å². The zero-order valence-electron chi connectivity index (χ0n) is 12.4. The van der Waals surface area contributed by atoms with Gasteiger partial charge in [0.1, 0.15) is 0 Å². The van der Waals surface area contributed by atoms with Gasteiger partial charge in [-0.2, -0.15) is 0 Å². The van der Waals surface area contributed by atoms with Gasteiger partial charge in [-0.25, -0.2) is 4.98 Å². The maximum Gasteiger partial charge on any atom is 0.0949 e. The van der Waals surface area contributed by atoms with Crippen molar-refractivity contribution < 1.29 is 4.74 Å². The largest absolute Gasteiger partial charge is 0.379 e. The zero-order chi connectivity index (χ0) is 13.6. The number of ether oxygens (including phenoxy) is 1. The highest BCUT2D eigenvalue weighted by atomic mass is 16.5. The van der Waals surface area contributed by atoms with Crippen LogP contribution in [0.4, 0.5) is 0 Å². The number of aryl methyl sites for hydroxylation is 1. The smallest absolute Gasteiger partial charge is 0.0949 e. The van der Waals surface area contributed by atoms with Crippen molar-refractivity contribution in [2.24, 2.45) is 5.92 Å².